The molecule has 0 spiro atoms. The van der Waals surface area contributed by atoms with Crippen molar-refractivity contribution in [3.8, 4) is 11.8 Å². The normalized spacial score (nSPS) is 20.4. The summed E-state index contributed by atoms with van der Waals surface area (Å²) in [6.07, 6.45) is 1.93. The second-order valence-electron chi connectivity index (χ2n) is 7.27. The number of rotatable bonds is 8. The Morgan fingerprint density at radius 3 is 2.86 bits per heavy atom. The van der Waals surface area contributed by atoms with E-state index >= 15 is 0 Å². The Kier molecular flexibility index (Phi) is 7.24. The first-order valence-electron chi connectivity index (χ1n) is 9.08. The van der Waals surface area contributed by atoms with Crippen LogP contribution in [-0.2, 0) is 14.3 Å². The highest BCUT2D eigenvalue weighted by molar-refractivity contribution is 5.46. The monoisotopic (exact) mass is 386 g/mol. The molecule has 150 valence electrons. The molecule has 0 amide bonds. The molecule has 1 heterocycles. The maximum absolute atomic E-state index is 10.8. The molecule has 28 heavy (non-hydrogen) atoms. The lowest BCUT2D eigenvalue weighted by Crippen LogP contribution is -2.51. The molecule has 2 atom stereocenters. The Balaban J connectivity index is 2.28. The third-order valence-corrected chi connectivity index (χ3v) is 4.21. The van der Waals surface area contributed by atoms with Gasteiger partial charge in [-0.3, -0.25) is 0 Å². The van der Waals surface area contributed by atoms with Crippen molar-refractivity contribution >= 4 is 5.94 Å². The lowest BCUT2D eigenvalue weighted by atomic mass is 9.86. The summed E-state index contributed by atoms with van der Waals surface area (Å²) in [4.78, 5) is 10.2. The molecule has 2 rings (SSSR count). The zero-order valence-electron chi connectivity index (χ0n) is 16.6. The lowest BCUT2D eigenvalue weighted by molar-refractivity contribution is -0.0624. The van der Waals surface area contributed by atoms with E-state index in [1.54, 1.807) is 44.2 Å². The van der Waals surface area contributed by atoms with E-state index in [1.807, 2.05) is 13.8 Å². The van der Waals surface area contributed by atoms with E-state index in [2.05, 4.69) is 11.4 Å². The van der Waals surface area contributed by atoms with E-state index < -0.39 is 17.7 Å². The predicted octanol–water partition coefficient (Wildman–Crippen LogP) is 2.39. The van der Waals surface area contributed by atoms with Crippen molar-refractivity contribution in [2.45, 2.75) is 51.5 Å². The number of hydrogen-bond acceptors (Lipinski definition) is 7. The fraction of sp³-hybridized carbons (Fsp3) is 0.476. The number of aliphatic hydroxyl groups excluding tert-OH is 1. The molecule has 0 unspecified atom stereocenters. The fourth-order valence-corrected chi connectivity index (χ4v) is 2.90. The average molecular weight is 386 g/mol. The number of hydrogen-bond donors (Lipinski definition) is 2. The van der Waals surface area contributed by atoms with Gasteiger partial charge in [0.1, 0.15) is 35.8 Å². The Morgan fingerprint density at radius 1 is 1.46 bits per heavy atom. The van der Waals surface area contributed by atoms with E-state index in [9.17, 15) is 15.2 Å². The largest absolute Gasteiger partial charge is 0.491 e. The van der Waals surface area contributed by atoms with Gasteiger partial charge in [-0.05, 0) is 45.9 Å². The third-order valence-electron chi connectivity index (χ3n) is 4.21. The van der Waals surface area contributed by atoms with Gasteiger partial charge in [-0.25, -0.2) is 4.79 Å². The van der Waals surface area contributed by atoms with E-state index in [1.165, 1.54) is 6.08 Å². The number of fused-ring (bicyclic) bond motifs is 1. The first-order valence-corrected chi connectivity index (χ1v) is 9.08. The second-order valence-corrected chi connectivity index (χ2v) is 7.27. The molecular weight excluding hydrogens is 360 g/mol. The number of ether oxygens (including phenoxy) is 3. The van der Waals surface area contributed by atoms with Crippen LogP contribution in [0.5, 0.6) is 5.75 Å². The highest BCUT2D eigenvalue weighted by atomic mass is 16.5. The molecular formula is C21H26N2O5. The molecule has 0 saturated heterocycles. The molecule has 1 aromatic rings. The Hall–Kier alpha value is -2.78. The molecule has 0 aromatic heterocycles. The van der Waals surface area contributed by atoms with E-state index in [0.29, 0.717) is 22.6 Å². The summed E-state index contributed by atoms with van der Waals surface area (Å²) in [5, 5.41) is 23.2. The van der Waals surface area contributed by atoms with Crippen LogP contribution in [-0.4, -0.2) is 42.1 Å². The molecule has 1 aromatic carbocycles. The van der Waals surface area contributed by atoms with Crippen molar-refractivity contribution in [1.29, 1.82) is 5.26 Å². The van der Waals surface area contributed by atoms with Crippen LogP contribution in [0.1, 0.15) is 44.9 Å². The summed E-state index contributed by atoms with van der Waals surface area (Å²) in [7, 11) is 0. The van der Waals surface area contributed by atoms with Gasteiger partial charge < -0.3 is 24.6 Å². The Bertz CT molecular complexity index is 804. The second kappa shape index (κ2) is 9.43. The van der Waals surface area contributed by atoms with Gasteiger partial charge in [-0.1, -0.05) is 0 Å². The Morgan fingerprint density at radius 2 is 2.21 bits per heavy atom. The molecule has 0 bridgehead atoms. The van der Waals surface area contributed by atoms with E-state index in [0.717, 1.165) is 0 Å². The lowest BCUT2D eigenvalue weighted by Gasteiger charge is -2.42. The maximum atomic E-state index is 10.8. The zero-order chi connectivity index (χ0) is 20.7. The van der Waals surface area contributed by atoms with Crippen LogP contribution in [0, 0.1) is 11.3 Å². The summed E-state index contributed by atoms with van der Waals surface area (Å²) in [6.45, 7) is 7.66. The van der Waals surface area contributed by atoms with E-state index in [-0.39, 0.29) is 19.3 Å². The molecule has 7 heteroatoms. The van der Waals surface area contributed by atoms with Crippen molar-refractivity contribution < 1.29 is 24.1 Å². The third kappa shape index (κ3) is 5.37. The molecule has 0 saturated carbocycles. The first-order chi connectivity index (χ1) is 13.3. The van der Waals surface area contributed by atoms with Crippen molar-refractivity contribution in [3.63, 3.8) is 0 Å². The van der Waals surface area contributed by atoms with Gasteiger partial charge in [0.15, 0.2) is 0 Å². The van der Waals surface area contributed by atoms with Gasteiger partial charge in [0, 0.05) is 17.8 Å². The van der Waals surface area contributed by atoms with Gasteiger partial charge in [-0.15, -0.1) is 0 Å². The minimum Gasteiger partial charge on any atom is -0.491 e. The summed E-state index contributed by atoms with van der Waals surface area (Å²) in [5.41, 5.74) is 0.347. The number of nitrogens with zero attached hydrogens (tertiary/aromatic N) is 1. The van der Waals surface area contributed by atoms with Gasteiger partial charge in [0.25, 0.3) is 0 Å². The number of benzene rings is 1. The van der Waals surface area contributed by atoms with Gasteiger partial charge in [0.2, 0.25) is 0 Å². The average Bonchev–Trinajstić information content (AvgIpc) is 2.64. The summed E-state index contributed by atoms with van der Waals surface area (Å²) in [5.74, 6) is 2.78. The van der Waals surface area contributed by atoms with Crippen molar-refractivity contribution in [2.24, 2.45) is 0 Å². The highest BCUT2D eigenvalue weighted by Gasteiger charge is 2.42. The van der Waals surface area contributed by atoms with Crippen LogP contribution in [0.25, 0.3) is 0 Å². The van der Waals surface area contributed by atoms with Crippen molar-refractivity contribution in [3.05, 3.63) is 47.4 Å². The predicted molar refractivity (Wildman–Crippen MR) is 103 cm³/mol. The molecule has 2 N–H and O–H groups in total. The summed E-state index contributed by atoms with van der Waals surface area (Å²) in [6, 6.07) is 6.72. The van der Waals surface area contributed by atoms with Crippen LogP contribution in [0.4, 0.5) is 0 Å². The molecule has 1 aliphatic heterocycles. The SMILES string of the molecule is CC(C)O/C(=C/N[C@H]1c2cc(C#N)ccc2OC(C)(C)[C@@H]1O)COCC=C=O. The van der Waals surface area contributed by atoms with Crippen molar-refractivity contribution in [1.82, 2.24) is 5.32 Å². The van der Waals surface area contributed by atoms with Crippen LogP contribution >= 0.6 is 0 Å². The summed E-state index contributed by atoms with van der Waals surface area (Å²) >= 11 is 0. The van der Waals surface area contributed by atoms with Gasteiger partial charge >= 0.3 is 0 Å². The van der Waals surface area contributed by atoms with Crippen LogP contribution in [0.15, 0.2) is 36.2 Å². The number of carbonyl (C=O) groups excluding carboxylic acids is 1. The molecule has 0 aliphatic carbocycles. The smallest absolute Gasteiger partial charge is 0.138 e. The van der Waals surface area contributed by atoms with E-state index in [4.69, 9.17) is 14.2 Å². The van der Waals surface area contributed by atoms with Crippen LogP contribution in [0.2, 0.25) is 0 Å². The molecule has 1 aliphatic rings. The number of nitrogens with one attached hydrogen (secondary N) is 1. The quantitative estimate of drug-likeness (QED) is 0.402. The minimum atomic E-state index is -0.871. The van der Waals surface area contributed by atoms with Crippen LogP contribution in [0.3, 0.4) is 0 Å². The highest BCUT2D eigenvalue weighted by Crippen LogP contribution is 2.40. The van der Waals surface area contributed by atoms with Crippen molar-refractivity contribution in [2.75, 3.05) is 13.2 Å². The van der Waals surface area contributed by atoms with Crippen LogP contribution < -0.4 is 10.1 Å². The number of aliphatic hydroxyl groups is 1. The summed E-state index contributed by atoms with van der Waals surface area (Å²) < 4.78 is 17.0. The molecule has 7 nitrogen and oxygen atoms in total. The van der Waals surface area contributed by atoms with Gasteiger partial charge in [-0.2, -0.15) is 5.26 Å². The fourth-order valence-electron chi connectivity index (χ4n) is 2.90. The molecule has 0 radical (unpaired) electrons. The molecule has 0 fully saturated rings. The first kappa shape index (κ1) is 21.5. The topological polar surface area (TPSA) is 101 Å². The number of nitriles is 1. The zero-order valence-corrected chi connectivity index (χ0v) is 16.6. The maximum Gasteiger partial charge on any atom is 0.138 e. The minimum absolute atomic E-state index is 0.0770. The standard InChI is InChI=1S/C21H26N2O5/c1-14(2)27-16(13-26-9-5-8-24)12-23-19-17-10-15(11-22)6-7-18(17)28-21(3,4)20(19)25/h5-7,10,12,14,19-20,23,25H,9,13H2,1-4H3/b16-12+/t19-,20+/m0/s1. The Labute approximate surface area is 165 Å². The van der Waals surface area contributed by atoms with Gasteiger partial charge in [0.05, 0.1) is 30.4 Å².